The van der Waals surface area contributed by atoms with Crippen LogP contribution in [0.4, 0.5) is 11.5 Å². The molecule has 0 aliphatic carbocycles. The second-order valence-electron chi connectivity index (χ2n) is 3.29. The lowest BCUT2D eigenvalue weighted by molar-refractivity contribution is 0.306. The van der Waals surface area contributed by atoms with Crippen LogP contribution >= 0.6 is 0 Å². The molecule has 5 nitrogen and oxygen atoms in total. The van der Waals surface area contributed by atoms with Crippen molar-refractivity contribution >= 4 is 11.5 Å². The summed E-state index contributed by atoms with van der Waals surface area (Å²) in [6, 6.07) is 0. The molecule has 1 rings (SSSR count). The Morgan fingerprint density at radius 2 is 2.38 bits per heavy atom. The maximum atomic E-state index is 5.87. The number of rotatable bonds is 7. The predicted octanol–water partition coefficient (Wildman–Crippen LogP) is 1.84. The van der Waals surface area contributed by atoms with E-state index in [9.17, 15) is 0 Å². The maximum absolute atomic E-state index is 5.87. The van der Waals surface area contributed by atoms with E-state index in [1.807, 2.05) is 13.0 Å². The van der Waals surface area contributed by atoms with E-state index in [1.54, 1.807) is 0 Å². The summed E-state index contributed by atoms with van der Waals surface area (Å²) in [6.45, 7) is 7.02. The molecule has 3 N–H and O–H groups in total. The molecule has 1 heterocycles. The third-order valence-electron chi connectivity index (χ3n) is 1.93. The van der Waals surface area contributed by atoms with E-state index in [0.29, 0.717) is 24.0 Å². The molecule has 0 unspecified atom stereocenters. The van der Waals surface area contributed by atoms with Crippen LogP contribution in [0, 0.1) is 0 Å². The van der Waals surface area contributed by atoms with Gasteiger partial charge in [-0.1, -0.05) is 13.0 Å². The molecule has 0 saturated heterocycles. The number of hydrogen-bond acceptors (Lipinski definition) is 5. The van der Waals surface area contributed by atoms with Gasteiger partial charge in [-0.3, -0.25) is 0 Å². The van der Waals surface area contributed by atoms with Gasteiger partial charge in [0.1, 0.15) is 12.0 Å². The summed E-state index contributed by atoms with van der Waals surface area (Å²) in [6.07, 6.45) is 5.05. The lowest BCUT2D eigenvalue weighted by Crippen LogP contribution is -2.08. The summed E-state index contributed by atoms with van der Waals surface area (Å²) in [4.78, 5) is 8.04. The van der Waals surface area contributed by atoms with Crippen molar-refractivity contribution in [3.05, 3.63) is 19.0 Å². The first-order chi connectivity index (χ1) is 7.79. The van der Waals surface area contributed by atoms with Crippen LogP contribution < -0.4 is 15.8 Å². The second-order valence-corrected chi connectivity index (χ2v) is 3.29. The summed E-state index contributed by atoms with van der Waals surface area (Å²) >= 11 is 0. The highest BCUT2D eigenvalue weighted by Crippen LogP contribution is 2.24. The van der Waals surface area contributed by atoms with Gasteiger partial charge in [-0.2, -0.15) is 4.98 Å². The summed E-state index contributed by atoms with van der Waals surface area (Å²) in [5.41, 5.74) is 6.33. The van der Waals surface area contributed by atoms with Crippen molar-refractivity contribution in [1.82, 2.24) is 9.97 Å². The van der Waals surface area contributed by atoms with Gasteiger partial charge in [0.15, 0.2) is 5.82 Å². The number of nitrogen functional groups attached to an aromatic ring is 1. The molecule has 1 aromatic heterocycles. The molecule has 5 heteroatoms. The van der Waals surface area contributed by atoms with Crippen LogP contribution in [-0.4, -0.2) is 23.1 Å². The van der Waals surface area contributed by atoms with Gasteiger partial charge in [-0.25, -0.2) is 4.98 Å². The summed E-state index contributed by atoms with van der Waals surface area (Å²) in [7, 11) is 0. The Bertz CT molecular complexity index is 341. The van der Waals surface area contributed by atoms with Crippen LogP contribution in [0.2, 0.25) is 0 Å². The molecule has 88 valence electrons. The standard InChI is InChI=1S/C11H18N4O/c1-3-5-6-13-10-9(12)11(15-8-14-10)16-7-4-2/h3,8H,1,4-7,12H2,2H3,(H,13,14,15). The van der Waals surface area contributed by atoms with E-state index in [2.05, 4.69) is 21.9 Å². The molecule has 1 aromatic rings. The minimum Gasteiger partial charge on any atom is -0.476 e. The van der Waals surface area contributed by atoms with Crippen LogP contribution in [0.1, 0.15) is 19.8 Å². The van der Waals surface area contributed by atoms with Gasteiger partial charge in [0.2, 0.25) is 5.88 Å². The first-order valence-corrected chi connectivity index (χ1v) is 5.37. The van der Waals surface area contributed by atoms with E-state index < -0.39 is 0 Å². The van der Waals surface area contributed by atoms with Gasteiger partial charge >= 0.3 is 0 Å². The molecule has 0 atom stereocenters. The smallest absolute Gasteiger partial charge is 0.242 e. The normalized spacial score (nSPS) is 9.81. The highest BCUT2D eigenvalue weighted by atomic mass is 16.5. The molecular weight excluding hydrogens is 204 g/mol. The lowest BCUT2D eigenvalue weighted by Gasteiger charge is -2.10. The first kappa shape index (κ1) is 12.3. The third-order valence-corrected chi connectivity index (χ3v) is 1.93. The zero-order valence-corrected chi connectivity index (χ0v) is 9.57. The Morgan fingerprint density at radius 1 is 1.56 bits per heavy atom. The van der Waals surface area contributed by atoms with E-state index in [4.69, 9.17) is 10.5 Å². The monoisotopic (exact) mass is 222 g/mol. The number of aromatic nitrogens is 2. The SMILES string of the molecule is C=CCCNc1ncnc(OCCC)c1N. The molecule has 0 amide bonds. The molecule has 0 aliphatic rings. The van der Waals surface area contributed by atoms with Crippen molar-refractivity contribution in [2.75, 3.05) is 24.2 Å². The van der Waals surface area contributed by atoms with Gasteiger partial charge in [0, 0.05) is 6.54 Å². The van der Waals surface area contributed by atoms with Crippen molar-refractivity contribution < 1.29 is 4.74 Å². The van der Waals surface area contributed by atoms with Gasteiger partial charge < -0.3 is 15.8 Å². The Kier molecular flexibility index (Phi) is 5.11. The number of ether oxygens (including phenoxy) is 1. The van der Waals surface area contributed by atoms with Crippen molar-refractivity contribution in [2.24, 2.45) is 0 Å². The number of hydrogen-bond donors (Lipinski definition) is 2. The fourth-order valence-corrected chi connectivity index (χ4v) is 1.13. The Labute approximate surface area is 95.7 Å². The van der Waals surface area contributed by atoms with Gasteiger partial charge in [0.05, 0.1) is 6.61 Å². The third kappa shape index (κ3) is 3.42. The van der Waals surface area contributed by atoms with Gasteiger partial charge in [0.25, 0.3) is 0 Å². The summed E-state index contributed by atoms with van der Waals surface area (Å²) < 4.78 is 5.40. The molecular formula is C11H18N4O. The number of nitrogens with zero attached hydrogens (tertiary/aromatic N) is 2. The molecule has 0 saturated carbocycles. The van der Waals surface area contributed by atoms with E-state index in [0.717, 1.165) is 19.4 Å². The lowest BCUT2D eigenvalue weighted by atomic mass is 10.4. The highest BCUT2D eigenvalue weighted by molar-refractivity contribution is 5.66. The van der Waals surface area contributed by atoms with Crippen LogP contribution in [0.25, 0.3) is 0 Å². The van der Waals surface area contributed by atoms with Crippen molar-refractivity contribution in [2.45, 2.75) is 19.8 Å². The fourth-order valence-electron chi connectivity index (χ4n) is 1.13. The molecule has 0 aliphatic heterocycles. The molecule has 0 aromatic carbocycles. The maximum Gasteiger partial charge on any atom is 0.242 e. The Morgan fingerprint density at radius 3 is 3.06 bits per heavy atom. The van der Waals surface area contributed by atoms with E-state index in [-0.39, 0.29) is 0 Å². The van der Waals surface area contributed by atoms with E-state index in [1.165, 1.54) is 6.33 Å². The summed E-state index contributed by atoms with van der Waals surface area (Å²) in [5, 5.41) is 3.10. The number of nitrogens with two attached hydrogens (primary N) is 1. The topological polar surface area (TPSA) is 73.1 Å². The average molecular weight is 222 g/mol. The minimum atomic E-state index is 0.443. The highest BCUT2D eigenvalue weighted by Gasteiger charge is 2.07. The minimum absolute atomic E-state index is 0.443. The molecule has 0 bridgehead atoms. The van der Waals surface area contributed by atoms with Gasteiger partial charge in [-0.15, -0.1) is 6.58 Å². The van der Waals surface area contributed by atoms with Crippen molar-refractivity contribution in [3.63, 3.8) is 0 Å². The quantitative estimate of drug-likeness (QED) is 0.544. The van der Waals surface area contributed by atoms with Crippen LogP contribution in [-0.2, 0) is 0 Å². The molecule has 0 fully saturated rings. The Hall–Kier alpha value is -1.78. The number of anilines is 2. The van der Waals surface area contributed by atoms with Crippen molar-refractivity contribution in [1.29, 1.82) is 0 Å². The second kappa shape index (κ2) is 6.66. The first-order valence-electron chi connectivity index (χ1n) is 5.37. The summed E-state index contributed by atoms with van der Waals surface area (Å²) in [5.74, 6) is 1.06. The zero-order chi connectivity index (χ0) is 11.8. The number of nitrogens with one attached hydrogen (secondary N) is 1. The predicted molar refractivity (Wildman–Crippen MR) is 65.5 cm³/mol. The molecule has 0 radical (unpaired) electrons. The zero-order valence-electron chi connectivity index (χ0n) is 9.57. The fraction of sp³-hybridized carbons (Fsp3) is 0.455. The van der Waals surface area contributed by atoms with Gasteiger partial charge in [-0.05, 0) is 12.8 Å². The largest absolute Gasteiger partial charge is 0.476 e. The molecule has 16 heavy (non-hydrogen) atoms. The van der Waals surface area contributed by atoms with Crippen LogP contribution in [0.15, 0.2) is 19.0 Å². The molecule has 0 spiro atoms. The van der Waals surface area contributed by atoms with E-state index >= 15 is 0 Å². The van der Waals surface area contributed by atoms with Crippen LogP contribution in [0.3, 0.4) is 0 Å². The van der Waals surface area contributed by atoms with Crippen LogP contribution in [0.5, 0.6) is 5.88 Å². The van der Waals surface area contributed by atoms with Crippen molar-refractivity contribution in [3.8, 4) is 5.88 Å². The average Bonchev–Trinajstić information content (AvgIpc) is 2.30. The Balaban J connectivity index is 2.65.